The van der Waals surface area contributed by atoms with Gasteiger partial charge in [-0.25, -0.2) is 13.2 Å². The molecule has 2 N–H and O–H groups in total. The Morgan fingerprint density at radius 1 is 1.48 bits per heavy atom. The number of benzene rings is 1. The number of aliphatic hydroxyl groups is 1. The SMILES string of the molecule is COc1ccc(Br)c(S(=O)(=O)N2CCCC(C(O)C(=O)O)C2)c1. The normalized spacial score (nSPS) is 20.9. The molecule has 1 fully saturated rings. The Hall–Kier alpha value is -1.16. The van der Waals surface area contributed by atoms with Gasteiger partial charge in [0.25, 0.3) is 0 Å². The van der Waals surface area contributed by atoms with Crippen LogP contribution in [0.15, 0.2) is 27.6 Å². The molecule has 0 bridgehead atoms. The Bertz CT molecular complexity index is 693. The smallest absolute Gasteiger partial charge is 0.332 e. The van der Waals surface area contributed by atoms with Crippen LogP contribution in [0.4, 0.5) is 0 Å². The first kappa shape index (κ1) is 18.2. The maximum atomic E-state index is 12.8. The number of rotatable bonds is 5. The van der Waals surface area contributed by atoms with E-state index in [4.69, 9.17) is 9.84 Å². The molecular formula is C14H18BrNO6S. The van der Waals surface area contributed by atoms with Crippen LogP contribution in [0.1, 0.15) is 12.8 Å². The second-order valence-corrected chi connectivity index (χ2v) is 8.11. The number of sulfonamides is 1. The Morgan fingerprint density at radius 2 is 2.17 bits per heavy atom. The van der Waals surface area contributed by atoms with E-state index in [1.807, 2.05) is 0 Å². The average molecular weight is 408 g/mol. The molecule has 23 heavy (non-hydrogen) atoms. The van der Waals surface area contributed by atoms with E-state index >= 15 is 0 Å². The topological polar surface area (TPSA) is 104 Å². The van der Waals surface area contributed by atoms with Gasteiger partial charge in [0.15, 0.2) is 6.10 Å². The summed E-state index contributed by atoms with van der Waals surface area (Å²) < 4.78 is 32.3. The number of aliphatic carboxylic acids is 1. The number of ether oxygens (including phenoxy) is 1. The average Bonchev–Trinajstić information content (AvgIpc) is 2.54. The zero-order valence-corrected chi connectivity index (χ0v) is 14.9. The van der Waals surface area contributed by atoms with Crippen molar-refractivity contribution in [3.05, 3.63) is 22.7 Å². The summed E-state index contributed by atoms with van der Waals surface area (Å²) in [7, 11) is -2.37. The molecule has 2 unspecified atom stereocenters. The number of halogens is 1. The number of carbonyl (C=O) groups is 1. The first-order valence-electron chi connectivity index (χ1n) is 7.02. The molecule has 1 heterocycles. The van der Waals surface area contributed by atoms with Crippen molar-refractivity contribution in [1.82, 2.24) is 4.31 Å². The van der Waals surface area contributed by atoms with Gasteiger partial charge in [0.1, 0.15) is 10.6 Å². The van der Waals surface area contributed by atoms with Crippen molar-refractivity contribution in [2.24, 2.45) is 5.92 Å². The predicted octanol–water partition coefficient (Wildman–Crippen LogP) is 1.30. The van der Waals surface area contributed by atoms with Crippen LogP contribution < -0.4 is 4.74 Å². The maximum absolute atomic E-state index is 12.8. The lowest BCUT2D eigenvalue weighted by atomic mass is 9.94. The highest BCUT2D eigenvalue weighted by atomic mass is 79.9. The largest absolute Gasteiger partial charge is 0.497 e. The summed E-state index contributed by atoms with van der Waals surface area (Å²) in [6.07, 6.45) is -0.601. The van der Waals surface area contributed by atoms with Crippen molar-refractivity contribution < 1.29 is 28.2 Å². The lowest BCUT2D eigenvalue weighted by Crippen LogP contribution is -2.45. The summed E-state index contributed by atoms with van der Waals surface area (Å²) in [5.74, 6) is -1.55. The highest BCUT2D eigenvalue weighted by Crippen LogP contribution is 2.32. The Labute approximate surface area is 143 Å². The highest BCUT2D eigenvalue weighted by molar-refractivity contribution is 9.10. The molecule has 128 valence electrons. The van der Waals surface area contributed by atoms with Gasteiger partial charge in [0.2, 0.25) is 10.0 Å². The summed E-state index contributed by atoms with van der Waals surface area (Å²) in [5.41, 5.74) is 0. The van der Waals surface area contributed by atoms with Crippen LogP contribution >= 0.6 is 15.9 Å². The van der Waals surface area contributed by atoms with Crippen molar-refractivity contribution in [3.8, 4) is 5.75 Å². The molecule has 1 aromatic rings. The van der Waals surface area contributed by atoms with Gasteiger partial charge in [-0.3, -0.25) is 0 Å². The van der Waals surface area contributed by atoms with Crippen molar-refractivity contribution >= 4 is 31.9 Å². The number of nitrogens with zero attached hydrogens (tertiary/aromatic N) is 1. The van der Waals surface area contributed by atoms with E-state index in [9.17, 15) is 18.3 Å². The zero-order valence-electron chi connectivity index (χ0n) is 12.5. The monoisotopic (exact) mass is 407 g/mol. The van der Waals surface area contributed by atoms with E-state index in [-0.39, 0.29) is 18.0 Å². The third-order valence-corrected chi connectivity index (χ3v) is 6.74. The van der Waals surface area contributed by atoms with Gasteiger partial charge in [-0.1, -0.05) is 0 Å². The summed E-state index contributed by atoms with van der Waals surface area (Å²) in [5, 5.41) is 18.6. The first-order chi connectivity index (χ1) is 10.8. The van der Waals surface area contributed by atoms with Crippen LogP contribution in [0.25, 0.3) is 0 Å². The minimum atomic E-state index is -3.82. The summed E-state index contributed by atoms with van der Waals surface area (Å²) in [6, 6.07) is 4.63. The van der Waals surface area contributed by atoms with E-state index in [1.165, 1.54) is 17.5 Å². The van der Waals surface area contributed by atoms with Gasteiger partial charge in [0, 0.05) is 29.5 Å². The summed E-state index contributed by atoms with van der Waals surface area (Å²) >= 11 is 3.22. The standard InChI is InChI=1S/C14H18BrNO6S/c1-22-10-4-5-11(15)12(7-10)23(20,21)16-6-2-3-9(8-16)13(17)14(18)19/h4-5,7,9,13,17H,2-3,6,8H2,1H3,(H,18,19). The third-order valence-electron chi connectivity index (χ3n) is 3.88. The molecular weight excluding hydrogens is 390 g/mol. The van der Waals surface area contributed by atoms with Gasteiger partial charge >= 0.3 is 5.97 Å². The molecule has 1 saturated heterocycles. The van der Waals surface area contributed by atoms with Gasteiger partial charge in [-0.2, -0.15) is 4.31 Å². The quantitative estimate of drug-likeness (QED) is 0.762. The van der Waals surface area contributed by atoms with Crippen molar-refractivity contribution in [2.45, 2.75) is 23.8 Å². The molecule has 2 atom stereocenters. The van der Waals surface area contributed by atoms with E-state index in [1.54, 1.807) is 12.1 Å². The Kier molecular flexibility index (Phi) is 5.66. The van der Waals surface area contributed by atoms with Crippen molar-refractivity contribution in [1.29, 1.82) is 0 Å². The fourth-order valence-electron chi connectivity index (χ4n) is 2.60. The van der Waals surface area contributed by atoms with E-state index in [0.717, 1.165) is 0 Å². The molecule has 0 spiro atoms. The molecule has 9 heteroatoms. The molecule has 0 radical (unpaired) electrons. The number of hydrogen-bond donors (Lipinski definition) is 2. The Balaban J connectivity index is 2.30. The zero-order chi connectivity index (χ0) is 17.2. The molecule has 7 nitrogen and oxygen atoms in total. The van der Waals surface area contributed by atoms with E-state index in [2.05, 4.69) is 15.9 Å². The van der Waals surface area contributed by atoms with Crippen LogP contribution in [0.5, 0.6) is 5.75 Å². The summed E-state index contributed by atoms with van der Waals surface area (Å²) in [4.78, 5) is 11.0. The lowest BCUT2D eigenvalue weighted by Gasteiger charge is -2.33. The number of carboxylic acids is 1. The number of aliphatic hydroxyl groups excluding tert-OH is 1. The molecule has 2 rings (SSSR count). The number of carboxylic acid groups (broad SMARTS) is 1. The summed E-state index contributed by atoms with van der Waals surface area (Å²) in [6.45, 7) is 0.258. The number of methoxy groups -OCH3 is 1. The molecule has 0 aromatic heterocycles. The van der Waals surface area contributed by atoms with Gasteiger partial charge < -0.3 is 14.9 Å². The highest BCUT2D eigenvalue weighted by Gasteiger charge is 2.36. The maximum Gasteiger partial charge on any atom is 0.332 e. The second-order valence-electron chi connectivity index (χ2n) is 5.34. The third kappa shape index (κ3) is 3.85. The van der Waals surface area contributed by atoms with Gasteiger partial charge in [-0.05, 0) is 40.9 Å². The van der Waals surface area contributed by atoms with Crippen LogP contribution in [-0.2, 0) is 14.8 Å². The van der Waals surface area contributed by atoms with Gasteiger partial charge in [0.05, 0.1) is 7.11 Å². The van der Waals surface area contributed by atoms with Crippen LogP contribution in [-0.4, -0.2) is 55.2 Å². The van der Waals surface area contributed by atoms with Crippen molar-refractivity contribution in [3.63, 3.8) is 0 Å². The molecule has 0 saturated carbocycles. The molecule has 0 aliphatic carbocycles. The second kappa shape index (κ2) is 7.16. The molecule has 0 amide bonds. The van der Waals surface area contributed by atoms with Gasteiger partial charge in [-0.15, -0.1) is 0 Å². The fraction of sp³-hybridized carbons (Fsp3) is 0.500. The van der Waals surface area contributed by atoms with Crippen LogP contribution in [0.2, 0.25) is 0 Å². The Morgan fingerprint density at radius 3 is 2.78 bits per heavy atom. The molecule has 1 aliphatic heterocycles. The first-order valence-corrected chi connectivity index (χ1v) is 9.25. The predicted molar refractivity (Wildman–Crippen MR) is 85.8 cm³/mol. The molecule has 1 aromatic carbocycles. The van der Waals surface area contributed by atoms with Crippen LogP contribution in [0, 0.1) is 5.92 Å². The number of hydrogen-bond acceptors (Lipinski definition) is 5. The van der Waals surface area contributed by atoms with E-state index < -0.39 is 28.0 Å². The van der Waals surface area contributed by atoms with Crippen LogP contribution in [0.3, 0.4) is 0 Å². The van der Waals surface area contributed by atoms with E-state index in [0.29, 0.717) is 23.1 Å². The minimum Gasteiger partial charge on any atom is -0.497 e. The lowest BCUT2D eigenvalue weighted by molar-refractivity contribution is -0.150. The molecule has 1 aliphatic rings. The van der Waals surface area contributed by atoms with Crippen molar-refractivity contribution in [2.75, 3.05) is 20.2 Å². The number of piperidine rings is 1. The minimum absolute atomic E-state index is 0.0283. The fourth-order valence-corrected chi connectivity index (χ4v) is 5.07.